The van der Waals surface area contributed by atoms with Gasteiger partial charge in [0, 0.05) is 24.4 Å². The fourth-order valence-corrected chi connectivity index (χ4v) is 3.08. The third-order valence-electron chi connectivity index (χ3n) is 4.02. The summed E-state index contributed by atoms with van der Waals surface area (Å²) in [5.41, 5.74) is 2.68. The van der Waals surface area contributed by atoms with E-state index in [2.05, 4.69) is 5.32 Å². The molecule has 0 aliphatic carbocycles. The van der Waals surface area contributed by atoms with Crippen molar-refractivity contribution in [2.24, 2.45) is 0 Å². The van der Waals surface area contributed by atoms with Crippen LogP contribution in [0, 0.1) is 24.0 Å². The van der Waals surface area contributed by atoms with Gasteiger partial charge >= 0.3 is 0 Å². The second-order valence-electron chi connectivity index (χ2n) is 6.17. The van der Waals surface area contributed by atoms with Gasteiger partial charge in [0.15, 0.2) is 0 Å². The van der Waals surface area contributed by atoms with Crippen LogP contribution >= 0.6 is 11.8 Å². The number of nitro benzene ring substituents is 1. The summed E-state index contributed by atoms with van der Waals surface area (Å²) in [4.78, 5) is 37.2. The second-order valence-corrected chi connectivity index (χ2v) is 7.02. The van der Waals surface area contributed by atoms with E-state index in [1.54, 1.807) is 12.3 Å². The molecule has 2 aromatic carbocycles. The lowest BCUT2D eigenvalue weighted by atomic mass is 10.1. The third kappa shape index (κ3) is 5.07. The van der Waals surface area contributed by atoms with E-state index >= 15 is 0 Å². The van der Waals surface area contributed by atoms with E-state index in [0.29, 0.717) is 10.6 Å². The van der Waals surface area contributed by atoms with Crippen LogP contribution in [0.3, 0.4) is 0 Å². The van der Waals surface area contributed by atoms with Crippen LogP contribution in [0.5, 0.6) is 0 Å². The molecule has 2 amide bonds. The second kappa shape index (κ2) is 8.68. The molecule has 2 aromatic rings. The number of anilines is 1. The number of hydrogen-bond donors (Lipinski definition) is 1. The highest BCUT2D eigenvalue weighted by Gasteiger charge is 2.20. The van der Waals surface area contributed by atoms with Crippen molar-refractivity contribution in [1.82, 2.24) is 4.90 Å². The number of aryl methyl sites for hydroxylation is 2. The minimum atomic E-state index is -0.518. The first kappa shape index (κ1) is 20.4. The molecule has 8 heteroatoms. The number of hydrogen-bond acceptors (Lipinski definition) is 5. The van der Waals surface area contributed by atoms with Crippen molar-refractivity contribution in [1.29, 1.82) is 0 Å². The summed E-state index contributed by atoms with van der Waals surface area (Å²) in [6.07, 6.45) is 1.73. The summed E-state index contributed by atoms with van der Waals surface area (Å²) in [6, 6.07) is 10.0. The van der Waals surface area contributed by atoms with Gasteiger partial charge in [0.2, 0.25) is 5.91 Å². The highest BCUT2D eigenvalue weighted by molar-refractivity contribution is 7.98. The lowest BCUT2D eigenvalue weighted by Gasteiger charge is -2.18. The molecule has 0 spiro atoms. The summed E-state index contributed by atoms with van der Waals surface area (Å²) in [5, 5.41) is 14.0. The molecule has 2 rings (SSSR count). The van der Waals surface area contributed by atoms with Crippen LogP contribution in [0.4, 0.5) is 11.4 Å². The fourth-order valence-electron chi connectivity index (χ4n) is 2.53. The Kier molecular flexibility index (Phi) is 6.57. The molecule has 0 saturated heterocycles. The van der Waals surface area contributed by atoms with Crippen LogP contribution in [-0.2, 0) is 4.79 Å². The van der Waals surface area contributed by atoms with E-state index in [1.165, 1.54) is 35.8 Å². The Morgan fingerprint density at radius 1 is 1.19 bits per heavy atom. The number of benzene rings is 2. The van der Waals surface area contributed by atoms with E-state index in [9.17, 15) is 19.7 Å². The predicted octanol–water partition coefficient (Wildman–Crippen LogP) is 3.64. The summed E-state index contributed by atoms with van der Waals surface area (Å²) in [6.45, 7) is 3.65. The maximum Gasteiger partial charge on any atom is 0.283 e. The largest absolute Gasteiger partial charge is 0.332 e. The summed E-state index contributed by atoms with van der Waals surface area (Å²) in [7, 11) is 1.49. The van der Waals surface area contributed by atoms with Gasteiger partial charge in [-0.2, -0.15) is 0 Å². The van der Waals surface area contributed by atoms with E-state index in [1.807, 2.05) is 32.0 Å². The number of thioether (sulfide) groups is 1. The molecule has 0 radical (unpaired) electrons. The van der Waals surface area contributed by atoms with Gasteiger partial charge in [0.25, 0.3) is 11.6 Å². The van der Waals surface area contributed by atoms with Gasteiger partial charge in [0.05, 0.1) is 16.4 Å². The molecular formula is C19H21N3O4S. The minimum absolute atomic E-state index is 0.124. The number of rotatable bonds is 6. The maximum atomic E-state index is 12.5. The number of likely N-dealkylation sites (N-methyl/N-ethyl adjacent to an activating group) is 1. The lowest BCUT2D eigenvalue weighted by Crippen LogP contribution is -2.35. The van der Waals surface area contributed by atoms with Gasteiger partial charge in [-0.1, -0.05) is 12.1 Å². The molecule has 0 atom stereocenters. The highest BCUT2D eigenvalue weighted by Crippen LogP contribution is 2.28. The first-order valence-electron chi connectivity index (χ1n) is 8.18. The Bertz CT molecular complexity index is 899. The van der Waals surface area contributed by atoms with E-state index in [-0.39, 0.29) is 23.7 Å². The zero-order chi connectivity index (χ0) is 20.1. The molecule has 0 aliphatic heterocycles. The molecule has 0 saturated carbocycles. The predicted molar refractivity (Wildman–Crippen MR) is 106 cm³/mol. The van der Waals surface area contributed by atoms with Crippen LogP contribution in [0.2, 0.25) is 0 Å². The van der Waals surface area contributed by atoms with Crippen LogP contribution in [0.25, 0.3) is 0 Å². The van der Waals surface area contributed by atoms with E-state index < -0.39 is 10.8 Å². The molecule has 0 aliphatic rings. The number of nitrogens with zero attached hydrogens (tertiary/aromatic N) is 2. The highest BCUT2D eigenvalue weighted by atomic mass is 32.2. The Morgan fingerprint density at radius 2 is 1.89 bits per heavy atom. The molecule has 0 heterocycles. The number of amides is 2. The fraction of sp³-hybridized carbons (Fsp3) is 0.263. The van der Waals surface area contributed by atoms with Crippen molar-refractivity contribution in [3.8, 4) is 0 Å². The van der Waals surface area contributed by atoms with Crippen molar-refractivity contribution in [3.63, 3.8) is 0 Å². The monoisotopic (exact) mass is 387 g/mol. The zero-order valence-electron chi connectivity index (χ0n) is 15.6. The summed E-state index contributed by atoms with van der Waals surface area (Å²) < 4.78 is 0. The molecule has 0 aromatic heterocycles. The van der Waals surface area contributed by atoms with Crippen LogP contribution in [0.1, 0.15) is 21.5 Å². The van der Waals surface area contributed by atoms with Gasteiger partial charge in [-0.25, -0.2) is 0 Å². The average Bonchev–Trinajstić information content (AvgIpc) is 2.63. The standard InChI is InChI=1S/C19H21N3O4S/c1-12-5-6-13(2)15(9-12)20-18(23)11-21(3)19(24)14-7-8-17(27-4)16(10-14)22(25)26/h5-10H,11H2,1-4H3,(H,20,23). The Morgan fingerprint density at radius 3 is 2.52 bits per heavy atom. The maximum absolute atomic E-state index is 12.5. The van der Waals surface area contributed by atoms with Crippen molar-refractivity contribution in [3.05, 3.63) is 63.2 Å². The quantitative estimate of drug-likeness (QED) is 0.464. The first-order chi connectivity index (χ1) is 12.7. The van der Waals surface area contributed by atoms with Crippen molar-refractivity contribution in [2.75, 3.05) is 25.2 Å². The topological polar surface area (TPSA) is 92.6 Å². The van der Waals surface area contributed by atoms with Crippen molar-refractivity contribution in [2.45, 2.75) is 18.7 Å². The molecular weight excluding hydrogens is 366 g/mol. The minimum Gasteiger partial charge on any atom is -0.332 e. The van der Waals surface area contributed by atoms with Gasteiger partial charge in [-0.05, 0) is 49.4 Å². The third-order valence-corrected chi connectivity index (χ3v) is 4.80. The van der Waals surface area contributed by atoms with Gasteiger partial charge in [0.1, 0.15) is 0 Å². The Hall–Kier alpha value is -2.87. The number of carbonyl (C=O) groups excluding carboxylic acids is 2. The Balaban J connectivity index is 2.11. The molecule has 27 heavy (non-hydrogen) atoms. The smallest absolute Gasteiger partial charge is 0.283 e. The number of nitro groups is 1. The normalized spacial score (nSPS) is 10.4. The summed E-state index contributed by atoms with van der Waals surface area (Å²) in [5.74, 6) is -0.795. The Labute approximate surface area is 161 Å². The molecule has 0 fully saturated rings. The average molecular weight is 387 g/mol. The van der Waals surface area contributed by atoms with Crippen molar-refractivity contribution < 1.29 is 14.5 Å². The molecule has 1 N–H and O–H groups in total. The number of nitrogens with one attached hydrogen (secondary N) is 1. The van der Waals surface area contributed by atoms with Gasteiger partial charge < -0.3 is 10.2 Å². The first-order valence-corrected chi connectivity index (χ1v) is 9.40. The van der Waals surface area contributed by atoms with E-state index in [4.69, 9.17) is 0 Å². The molecule has 7 nitrogen and oxygen atoms in total. The van der Waals surface area contributed by atoms with Crippen LogP contribution in [0.15, 0.2) is 41.3 Å². The lowest BCUT2D eigenvalue weighted by molar-refractivity contribution is -0.387. The number of carbonyl (C=O) groups is 2. The zero-order valence-corrected chi connectivity index (χ0v) is 16.4. The van der Waals surface area contributed by atoms with Crippen LogP contribution < -0.4 is 5.32 Å². The van der Waals surface area contributed by atoms with Gasteiger partial charge in [-0.3, -0.25) is 19.7 Å². The van der Waals surface area contributed by atoms with Gasteiger partial charge in [-0.15, -0.1) is 11.8 Å². The molecule has 142 valence electrons. The molecule has 0 unspecified atom stereocenters. The van der Waals surface area contributed by atoms with Crippen molar-refractivity contribution >= 4 is 35.0 Å². The van der Waals surface area contributed by atoms with Crippen LogP contribution in [-0.4, -0.2) is 41.5 Å². The summed E-state index contributed by atoms with van der Waals surface area (Å²) >= 11 is 1.24. The SMILES string of the molecule is CSc1ccc(C(=O)N(C)CC(=O)Nc2cc(C)ccc2C)cc1[N+](=O)[O-]. The van der Waals surface area contributed by atoms with E-state index in [0.717, 1.165) is 11.1 Å². The molecule has 0 bridgehead atoms.